The molecule has 0 fully saturated rings. The Morgan fingerprint density at radius 2 is 1.50 bits per heavy atom. The lowest BCUT2D eigenvalue weighted by Gasteiger charge is -2.16. The summed E-state index contributed by atoms with van der Waals surface area (Å²) in [6, 6.07) is -0.284. The van der Waals surface area contributed by atoms with Crippen LogP contribution in [0.25, 0.3) is 0 Å². The monoisotopic (exact) mass is 357 g/mol. The highest BCUT2D eigenvalue weighted by molar-refractivity contribution is 5.95. The van der Waals surface area contributed by atoms with Gasteiger partial charge in [-0.25, -0.2) is 0 Å². The van der Waals surface area contributed by atoms with E-state index in [9.17, 15) is 35.9 Å². The fourth-order valence-electron chi connectivity index (χ4n) is 1.78. The number of rotatable bonds is 4. The molecule has 0 aliphatic carbocycles. The van der Waals surface area contributed by atoms with Gasteiger partial charge in [0, 0.05) is 11.6 Å². The average Bonchev–Trinajstić information content (AvgIpc) is 2.44. The van der Waals surface area contributed by atoms with Gasteiger partial charge in [-0.3, -0.25) is 9.59 Å². The zero-order valence-corrected chi connectivity index (χ0v) is 12.5. The first-order valence-electron chi connectivity index (χ1n) is 6.51. The maximum atomic E-state index is 12.7. The molecule has 0 saturated carbocycles. The SMILES string of the molecule is COC(=O)CC(C)NC(=O)c1cc(C(F)(F)F)cc(C(F)(F)F)c1. The predicted molar refractivity (Wildman–Crippen MR) is 70.0 cm³/mol. The Hall–Kier alpha value is -2.26. The highest BCUT2D eigenvalue weighted by Crippen LogP contribution is 2.36. The van der Waals surface area contributed by atoms with Crippen LogP contribution in [0.1, 0.15) is 34.8 Å². The third-order valence-electron chi connectivity index (χ3n) is 2.93. The molecule has 0 aliphatic rings. The molecule has 1 rings (SSSR count). The first-order valence-corrected chi connectivity index (χ1v) is 6.51. The molecule has 1 aromatic carbocycles. The van der Waals surface area contributed by atoms with Crippen molar-refractivity contribution in [2.24, 2.45) is 0 Å². The van der Waals surface area contributed by atoms with E-state index in [0.29, 0.717) is 12.1 Å². The minimum absolute atomic E-state index is 0.0747. The van der Waals surface area contributed by atoms with Gasteiger partial charge in [0.25, 0.3) is 5.91 Å². The Labute approximate surface area is 132 Å². The molecule has 0 radical (unpaired) electrons. The quantitative estimate of drug-likeness (QED) is 0.664. The highest BCUT2D eigenvalue weighted by Gasteiger charge is 2.37. The lowest BCUT2D eigenvalue weighted by Crippen LogP contribution is -2.34. The lowest BCUT2D eigenvalue weighted by molar-refractivity contribution is -0.143. The number of benzene rings is 1. The van der Waals surface area contributed by atoms with E-state index < -0.39 is 47.0 Å². The van der Waals surface area contributed by atoms with E-state index in [0.717, 1.165) is 7.11 Å². The van der Waals surface area contributed by atoms with Gasteiger partial charge >= 0.3 is 18.3 Å². The van der Waals surface area contributed by atoms with Gasteiger partial charge < -0.3 is 10.1 Å². The summed E-state index contributed by atoms with van der Waals surface area (Å²) in [5.41, 5.74) is -4.00. The van der Waals surface area contributed by atoms with Crippen molar-refractivity contribution in [2.75, 3.05) is 7.11 Å². The second-order valence-corrected chi connectivity index (χ2v) is 4.95. The number of methoxy groups -OCH3 is 1. The summed E-state index contributed by atoms with van der Waals surface area (Å²) in [6.45, 7) is 1.35. The zero-order chi connectivity index (χ0) is 18.7. The van der Waals surface area contributed by atoms with Gasteiger partial charge in [0.2, 0.25) is 0 Å². The molecule has 0 aromatic heterocycles. The molecular formula is C14H13F6NO3. The van der Waals surface area contributed by atoms with Crippen LogP contribution in [-0.4, -0.2) is 25.0 Å². The number of nitrogens with one attached hydrogen (secondary N) is 1. The molecule has 1 aromatic rings. The van der Waals surface area contributed by atoms with Crippen LogP contribution in [0.4, 0.5) is 26.3 Å². The van der Waals surface area contributed by atoms with E-state index in [2.05, 4.69) is 10.1 Å². The average molecular weight is 357 g/mol. The summed E-state index contributed by atoms with van der Waals surface area (Å²) in [6.07, 6.45) is -10.4. The summed E-state index contributed by atoms with van der Waals surface area (Å²) in [4.78, 5) is 22.9. The number of alkyl halides is 6. The van der Waals surface area contributed by atoms with Crippen molar-refractivity contribution in [1.82, 2.24) is 5.32 Å². The molecule has 1 amide bonds. The van der Waals surface area contributed by atoms with Gasteiger partial charge in [0.05, 0.1) is 24.7 Å². The van der Waals surface area contributed by atoms with Crippen LogP contribution >= 0.6 is 0 Å². The number of esters is 1. The number of amides is 1. The third kappa shape index (κ3) is 5.43. The smallest absolute Gasteiger partial charge is 0.416 e. The molecule has 0 saturated heterocycles. The minimum Gasteiger partial charge on any atom is -0.469 e. The molecule has 1 atom stereocenters. The van der Waals surface area contributed by atoms with Crippen molar-refractivity contribution in [3.63, 3.8) is 0 Å². The summed E-state index contributed by atoms with van der Waals surface area (Å²) in [5.74, 6) is -1.86. The maximum absolute atomic E-state index is 12.7. The van der Waals surface area contributed by atoms with Crippen LogP contribution in [0.2, 0.25) is 0 Å². The van der Waals surface area contributed by atoms with E-state index in [1.54, 1.807) is 0 Å². The zero-order valence-electron chi connectivity index (χ0n) is 12.5. The lowest BCUT2D eigenvalue weighted by atomic mass is 10.0. The standard InChI is InChI=1S/C14H13F6NO3/c1-7(3-11(22)24-2)21-12(23)8-4-9(13(15,16)17)6-10(5-8)14(18,19)20/h4-7H,3H2,1-2H3,(H,21,23). The number of ether oxygens (including phenoxy) is 1. The molecule has 1 unspecified atom stereocenters. The highest BCUT2D eigenvalue weighted by atomic mass is 19.4. The molecule has 1 N–H and O–H groups in total. The second kappa shape index (κ2) is 7.10. The van der Waals surface area contributed by atoms with Crippen molar-refractivity contribution in [3.8, 4) is 0 Å². The molecule has 10 heteroatoms. The Morgan fingerprint density at radius 1 is 1.04 bits per heavy atom. The summed E-state index contributed by atoms with van der Waals surface area (Å²) in [5, 5.41) is 2.14. The van der Waals surface area contributed by atoms with E-state index in [1.165, 1.54) is 6.92 Å². The Bertz CT molecular complexity index is 592. The molecule has 134 valence electrons. The first-order chi connectivity index (χ1) is 10.8. The van der Waals surface area contributed by atoms with Crippen molar-refractivity contribution in [3.05, 3.63) is 34.9 Å². The van der Waals surface area contributed by atoms with Crippen molar-refractivity contribution in [2.45, 2.75) is 31.7 Å². The van der Waals surface area contributed by atoms with E-state index in [1.807, 2.05) is 0 Å². The van der Waals surface area contributed by atoms with Gasteiger partial charge in [-0.2, -0.15) is 26.3 Å². The van der Waals surface area contributed by atoms with Crippen LogP contribution in [0.5, 0.6) is 0 Å². The van der Waals surface area contributed by atoms with Gasteiger partial charge in [0.1, 0.15) is 0 Å². The summed E-state index contributed by atoms with van der Waals surface area (Å²) in [7, 11) is 1.10. The topological polar surface area (TPSA) is 55.4 Å². The van der Waals surface area contributed by atoms with Crippen LogP contribution in [-0.2, 0) is 21.9 Å². The van der Waals surface area contributed by atoms with Crippen molar-refractivity contribution >= 4 is 11.9 Å². The summed E-state index contributed by atoms with van der Waals surface area (Å²) >= 11 is 0. The second-order valence-electron chi connectivity index (χ2n) is 4.95. The molecule has 4 nitrogen and oxygen atoms in total. The number of hydrogen-bond acceptors (Lipinski definition) is 3. The van der Waals surface area contributed by atoms with Crippen LogP contribution in [0, 0.1) is 0 Å². The third-order valence-corrected chi connectivity index (χ3v) is 2.93. The minimum atomic E-state index is -5.05. The fraction of sp³-hybridized carbons (Fsp3) is 0.429. The largest absolute Gasteiger partial charge is 0.469 e. The van der Waals surface area contributed by atoms with Crippen LogP contribution < -0.4 is 5.32 Å². The Kier molecular flexibility index (Phi) is 5.85. The van der Waals surface area contributed by atoms with Crippen molar-refractivity contribution in [1.29, 1.82) is 0 Å². The van der Waals surface area contributed by atoms with Crippen molar-refractivity contribution < 1.29 is 40.7 Å². The van der Waals surface area contributed by atoms with Gasteiger partial charge in [0.15, 0.2) is 0 Å². The molecule has 0 bridgehead atoms. The summed E-state index contributed by atoms with van der Waals surface area (Å²) < 4.78 is 80.7. The van der Waals surface area contributed by atoms with E-state index in [-0.39, 0.29) is 12.5 Å². The maximum Gasteiger partial charge on any atom is 0.416 e. The van der Waals surface area contributed by atoms with Gasteiger partial charge in [-0.15, -0.1) is 0 Å². The molecule has 0 heterocycles. The molecule has 0 aliphatic heterocycles. The van der Waals surface area contributed by atoms with E-state index >= 15 is 0 Å². The Morgan fingerprint density at radius 3 is 1.88 bits per heavy atom. The fourth-order valence-corrected chi connectivity index (χ4v) is 1.78. The van der Waals surface area contributed by atoms with Gasteiger partial charge in [-0.05, 0) is 25.1 Å². The predicted octanol–water partition coefficient (Wildman–Crippen LogP) is 3.41. The van der Waals surface area contributed by atoms with Crippen LogP contribution in [0.3, 0.4) is 0 Å². The number of carbonyl (C=O) groups is 2. The molecule has 24 heavy (non-hydrogen) atoms. The van der Waals surface area contributed by atoms with Gasteiger partial charge in [-0.1, -0.05) is 0 Å². The normalized spacial score (nSPS) is 13.3. The Balaban J connectivity index is 3.13. The number of hydrogen-bond donors (Lipinski definition) is 1. The number of halogens is 6. The van der Waals surface area contributed by atoms with Crippen LogP contribution in [0.15, 0.2) is 18.2 Å². The number of carbonyl (C=O) groups excluding carboxylic acids is 2. The first kappa shape index (κ1) is 19.8. The van der Waals surface area contributed by atoms with E-state index in [4.69, 9.17) is 0 Å². The molecular weight excluding hydrogens is 344 g/mol. The molecule has 0 spiro atoms.